The van der Waals surface area contributed by atoms with Crippen LogP contribution in [0.25, 0.3) is 39.3 Å². The van der Waals surface area contributed by atoms with Crippen LogP contribution in [0.5, 0.6) is 5.88 Å². The average molecular weight is 732 g/mol. The van der Waals surface area contributed by atoms with E-state index in [1.54, 1.807) is 25.7 Å². The third-order valence-corrected chi connectivity index (χ3v) is 9.54. The van der Waals surface area contributed by atoms with Crippen molar-refractivity contribution in [3.05, 3.63) is 88.2 Å². The molecule has 1 aliphatic heterocycles. The second-order valence-corrected chi connectivity index (χ2v) is 13.4. The van der Waals surface area contributed by atoms with E-state index in [-0.39, 0.29) is 30.8 Å². The van der Waals surface area contributed by atoms with Gasteiger partial charge in [-0.1, -0.05) is 65.7 Å². The van der Waals surface area contributed by atoms with Gasteiger partial charge >= 0.3 is 0 Å². The first-order valence-electron chi connectivity index (χ1n) is 16.7. The van der Waals surface area contributed by atoms with E-state index in [0.29, 0.717) is 59.0 Å². The fourth-order valence-electron chi connectivity index (χ4n) is 6.00. The number of aliphatic hydroxyl groups is 1. The molecule has 2 aromatic carbocycles. The summed E-state index contributed by atoms with van der Waals surface area (Å²) in [6.07, 6.45) is 2.47. The molecule has 0 aliphatic carbocycles. The predicted octanol–water partition coefficient (Wildman–Crippen LogP) is 4.74. The van der Waals surface area contributed by atoms with Gasteiger partial charge in [0, 0.05) is 80.6 Å². The van der Waals surface area contributed by atoms with Crippen LogP contribution in [0.2, 0.25) is 10.0 Å². The maximum atomic E-state index is 11.8. The fourth-order valence-corrected chi connectivity index (χ4v) is 6.65. The van der Waals surface area contributed by atoms with Gasteiger partial charge < -0.3 is 30.7 Å². The van der Waals surface area contributed by atoms with E-state index in [1.807, 2.05) is 66.9 Å². The van der Waals surface area contributed by atoms with Crippen LogP contribution in [-0.4, -0.2) is 87.8 Å². The van der Waals surface area contributed by atoms with Crippen molar-refractivity contribution in [1.29, 1.82) is 0 Å². The lowest BCUT2D eigenvalue weighted by Crippen LogP contribution is -2.35. The van der Waals surface area contributed by atoms with Crippen LogP contribution in [-0.2, 0) is 22.7 Å². The molecule has 2 atom stereocenters. The SMILES string of the molecule is COc1nc(-c2cccc(-c3cccc(-c4ccc5nc(CNC[C@@H](O)CC(=O)N(C)C)cn5n4)c3Cl)c2Cl)ccc1CNC[C@@H]1CCC(=O)N1. The van der Waals surface area contributed by atoms with Gasteiger partial charge in [-0.3, -0.25) is 9.59 Å². The number of amides is 2. The van der Waals surface area contributed by atoms with Gasteiger partial charge in [0.15, 0.2) is 5.65 Å². The lowest BCUT2D eigenvalue weighted by molar-refractivity contribution is -0.130. The normalized spacial score (nSPS) is 14.9. The van der Waals surface area contributed by atoms with Crippen molar-refractivity contribution in [3.8, 4) is 39.5 Å². The Hall–Kier alpha value is -4.59. The zero-order valence-electron chi connectivity index (χ0n) is 28.6. The van der Waals surface area contributed by atoms with Crippen LogP contribution in [0.4, 0.5) is 0 Å². The lowest BCUT2D eigenvalue weighted by Gasteiger charge is -2.15. The smallest absolute Gasteiger partial charge is 0.224 e. The van der Waals surface area contributed by atoms with E-state index < -0.39 is 6.10 Å². The summed E-state index contributed by atoms with van der Waals surface area (Å²) < 4.78 is 7.34. The number of rotatable bonds is 14. The molecule has 1 saturated heterocycles. The second-order valence-electron chi connectivity index (χ2n) is 12.7. The van der Waals surface area contributed by atoms with Crippen molar-refractivity contribution in [3.63, 3.8) is 0 Å². The van der Waals surface area contributed by atoms with Crippen LogP contribution < -0.4 is 20.7 Å². The summed E-state index contributed by atoms with van der Waals surface area (Å²) in [4.78, 5) is 34.2. The zero-order valence-corrected chi connectivity index (χ0v) is 30.1. The molecule has 266 valence electrons. The summed E-state index contributed by atoms with van der Waals surface area (Å²) in [5.74, 6) is 0.453. The largest absolute Gasteiger partial charge is 0.481 e. The topological polar surface area (TPSA) is 146 Å². The quantitative estimate of drug-likeness (QED) is 0.127. The van der Waals surface area contributed by atoms with Crippen LogP contribution in [0.15, 0.2) is 66.9 Å². The number of imidazole rings is 1. The van der Waals surface area contributed by atoms with Crippen molar-refractivity contribution in [2.24, 2.45) is 0 Å². The Morgan fingerprint density at radius 2 is 1.67 bits per heavy atom. The minimum atomic E-state index is -0.794. The highest BCUT2D eigenvalue weighted by Crippen LogP contribution is 2.42. The van der Waals surface area contributed by atoms with Crippen LogP contribution in [0.3, 0.4) is 0 Å². The van der Waals surface area contributed by atoms with E-state index in [0.717, 1.165) is 39.9 Å². The summed E-state index contributed by atoms with van der Waals surface area (Å²) in [6.45, 7) is 1.87. The van der Waals surface area contributed by atoms with Crippen LogP contribution in [0, 0.1) is 0 Å². The highest BCUT2D eigenvalue weighted by Gasteiger charge is 2.21. The second kappa shape index (κ2) is 16.2. The number of nitrogens with one attached hydrogen (secondary N) is 3. The summed E-state index contributed by atoms with van der Waals surface area (Å²) in [5.41, 5.74) is 6.57. The number of methoxy groups -OCH3 is 1. The molecule has 2 amide bonds. The van der Waals surface area contributed by atoms with Gasteiger partial charge in [-0.15, -0.1) is 0 Å². The average Bonchev–Trinajstić information content (AvgIpc) is 3.73. The molecule has 1 fully saturated rings. The number of carbonyl (C=O) groups excluding carboxylic acids is 2. The minimum absolute atomic E-state index is 0.0485. The molecule has 4 N–H and O–H groups in total. The number of aliphatic hydroxyl groups excluding tert-OH is 1. The molecule has 3 aromatic heterocycles. The zero-order chi connectivity index (χ0) is 36.1. The molecule has 0 saturated carbocycles. The minimum Gasteiger partial charge on any atom is -0.481 e. The number of aromatic nitrogens is 4. The molecule has 6 rings (SSSR count). The summed E-state index contributed by atoms with van der Waals surface area (Å²) >= 11 is 14.2. The van der Waals surface area contributed by atoms with E-state index in [1.165, 1.54) is 4.90 Å². The monoisotopic (exact) mass is 730 g/mol. The van der Waals surface area contributed by atoms with Gasteiger partial charge in [-0.2, -0.15) is 5.10 Å². The van der Waals surface area contributed by atoms with E-state index in [2.05, 4.69) is 20.9 Å². The Balaban J connectivity index is 1.18. The number of hydrogen-bond acceptors (Lipinski definition) is 9. The van der Waals surface area contributed by atoms with Gasteiger partial charge in [0.2, 0.25) is 17.7 Å². The Kier molecular flexibility index (Phi) is 11.5. The van der Waals surface area contributed by atoms with Gasteiger partial charge in [0.1, 0.15) is 0 Å². The highest BCUT2D eigenvalue weighted by molar-refractivity contribution is 6.39. The van der Waals surface area contributed by atoms with Gasteiger partial charge in [0.05, 0.1) is 53.0 Å². The first-order valence-corrected chi connectivity index (χ1v) is 17.4. The molecule has 0 unspecified atom stereocenters. The Labute approximate surface area is 306 Å². The van der Waals surface area contributed by atoms with Crippen LogP contribution >= 0.6 is 23.2 Å². The number of halogens is 2. The van der Waals surface area contributed by atoms with E-state index >= 15 is 0 Å². The molecule has 0 radical (unpaired) electrons. The van der Waals surface area contributed by atoms with E-state index in [4.69, 9.17) is 38.0 Å². The Morgan fingerprint density at radius 3 is 2.33 bits per heavy atom. The number of carbonyl (C=O) groups is 2. The number of benzene rings is 2. The van der Waals surface area contributed by atoms with E-state index in [9.17, 15) is 14.7 Å². The lowest BCUT2D eigenvalue weighted by atomic mass is 9.98. The summed E-state index contributed by atoms with van der Waals surface area (Å²) in [6, 6.07) is 19.3. The number of fused-ring (bicyclic) bond motifs is 1. The molecule has 14 heteroatoms. The summed E-state index contributed by atoms with van der Waals surface area (Å²) in [7, 11) is 4.92. The number of ether oxygens (including phenoxy) is 1. The third kappa shape index (κ3) is 8.49. The van der Waals surface area contributed by atoms with Crippen molar-refractivity contribution in [2.45, 2.75) is 44.5 Å². The molecule has 12 nitrogen and oxygen atoms in total. The summed E-state index contributed by atoms with van der Waals surface area (Å²) in [5, 5.41) is 25.5. The number of hydrogen-bond donors (Lipinski definition) is 4. The first-order chi connectivity index (χ1) is 24.6. The van der Waals surface area contributed by atoms with Gasteiger partial charge in [-0.25, -0.2) is 14.5 Å². The maximum Gasteiger partial charge on any atom is 0.224 e. The predicted molar refractivity (Wildman–Crippen MR) is 198 cm³/mol. The van der Waals surface area contributed by atoms with Crippen molar-refractivity contribution >= 4 is 40.7 Å². The molecular formula is C37H40Cl2N8O4. The van der Waals surface area contributed by atoms with Gasteiger partial charge in [-0.05, 0) is 24.6 Å². The molecule has 4 heterocycles. The Bertz CT molecular complexity index is 2050. The standard InChI is InChI=1S/C37H40Cl2N8O4/c1-46(2)34(50)16-25(48)20-41-19-24-21-47-32(42-24)14-13-31(45-47)29-9-5-7-27(36(29)39)26-6-4-8-28(35(26)38)30-12-10-22(37(44-30)51-3)17-40-18-23-11-15-33(49)43-23/h4-10,12-14,21,23,25,40-41,48H,11,15-20H2,1-3H3,(H,43,49)/t23-,25-/m0/s1. The van der Waals surface area contributed by atoms with Crippen molar-refractivity contribution in [2.75, 3.05) is 34.3 Å². The molecule has 5 aromatic rings. The highest BCUT2D eigenvalue weighted by atomic mass is 35.5. The van der Waals surface area contributed by atoms with Gasteiger partial charge in [0.25, 0.3) is 0 Å². The van der Waals surface area contributed by atoms with Crippen LogP contribution in [0.1, 0.15) is 30.5 Å². The van der Waals surface area contributed by atoms with Crippen molar-refractivity contribution in [1.82, 2.24) is 40.4 Å². The molecule has 1 aliphatic rings. The Morgan fingerprint density at radius 1 is 0.980 bits per heavy atom. The molecule has 0 spiro atoms. The third-order valence-electron chi connectivity index (χ3n) is 8.73. The maximum absolute atomic E-state index is 11.8. The first kappa shape index (κ1) is 36.2. The molecular weight excluding hydrogens is 691 g/mol. The number of pyridine rings is 1. The number of nitrogens with zero attached hydrogens (tertiary/aromatic N) is 5. The van der Waals surface area contributed by atoms with Crippen molar-refractivity contribution < 1.29 is 19.4 Å². The molecule has 51 heavy (non-hydrogen) atoms. The molecule has 0 bridgehead atoms. The fraction of sp³-hybridized carbons (Fsp3) is 0.324.